The monoisotopic (exact) mass is 468 g/mol. The first-order valence-corrected chi connectivity index (χ1v) is 12.5. The van der Waals surface area contributed by atoms with E-state index < -0.39 is 0 Å². The molecule has 2 aliphatic heterocycles. The summed E-state index contributed by atoms with van der Waals surface area (Å²) in [7, 11) is 4.20. The second kappa shape index (κ2) is 9.07. The molecule has 4 aromatic rings. The zero-order valence-electron chi connectivity index (χ0n) is 20.3. The van der Waals surface area contributed by atoms with E-state index in [1.54, 1.807) is 0 Å². The number of likely N-dealkylation sites (tertiary alicyclic amines) is 2. The predicted molar refractivity (Wildman–Crippen MR) is 138 cm³/mol. The van der Waals surface area contributed by atoms with Crippen LogP contribution in [0.25, 0.3) is 33.6 Å². The molecule has 7 nitrogen and oxygen atoms in total. The molecule has 180 valence electrons. The van der Waals surface area contributed by atoms with Crippen molar-refractivity contribution in [2.45, 2.75) is 37.5 Å². The van der Waals surface area contributed by atoms with Gasteiger partial charge in [0.05, 0.1) is 42.0 Å². The number of rotatable bonds is 5. The third-order valence-electron chi connectivity index (χ3n) is 7.65. The number of aliphatic hydroxyl groups is 1. The van der Waals surface area contributed by atoms with E-state index in [1.807, 2.05) is 19.4 Å². The summed E-state index contributed by atoms with van der Waals surface area (Å²) in [5, 5.41) is 10.3. The van der Waals surface area contributed by atoms with Crippen LogP contribution in [0.1, 0.15) is 43.0 Å². The molecule has 2 fully saturated rings. The number of imidazole rings is 2. The number of aliphatic hydroxyl groups excluding tert-OH is 1. The van der Waals surface area contributed by atoms with E-state index in [9.17, 15) is 5.11 Å². The maximum absolute atomic E-state index is 10.3. The fourth-order valence-electron chi connectivity index (χ4n) is 5.54. The van der Waals surface area contributed by atoms with Crippen molar-refractivity contribution in [2.75, 3.05) is 27.2 Å². The van der Waals surface area contributed by atoms with Crippen LogP contribution in [0.2, 0.25) is 0 Å². The lowest BCUT2D eigenvalue weighted by molar-refractivity contribution is 0.123. The van der Waals surface area contributed by atoms with Crippen LogP contribution in [0.5, 0.6) is 0 Å². The van der Waals surface area contributed by atoms with E-state index >= 15 is 0 Å². The molecule has 2 aromatic heterocycles. The molecule has 2 aromatic carbocycles. The molecule has 7 heteroatoms. The zero-order chi connectivity index (χ0) is 23.9. The topological polar surface area (TPSA) is 84.1 Å². The number of nitrogens with zero attached hydrogens (tertiary/aromatic N) is 4. The molecule has 0 saturated carbocycles. The van der Waals surface area contributed by atoms with Gasteiger partial charge in [0.2, 0.25) is 0 Å². The average molecular weight is 469 g/mol. The van der Waals surface area contributed by atoms with Gasteiger partial charge in [0, 0.05) is 6.54 Å². The number of aromatic amines is 2. The van der Waals surface area contributed by atoms with E-state index in [2.05, 4.69) is 85.3 Å². The quantitative estimate of drug-likeness (QED) is 0.397. The second-order valence-corrected chi connectivity index (χ2v) is 9.94. The van der Waals surface area contributed by atoms with E-state index in [0.29, 0.717) is 6.04 Å². The van der Waals surface area contributed by atoms with E-state index in [-0.39, 0.29) is 12.1 Å². The molecule has 35 heavy (non-hydrogen) atoms. The molecule has 3 N–H and O–H groups in total. The van der Waals surface area contributed by atoms with Crippen LogP contribution in [0.4, 0.5) is 0 Å². The van der Waals surface area contributed by atoms with Gasteiger partial charge >= 0.3 is 0 Å². The fourth-order valence-corrected chi connectivity index (χ4v) is 5.54. The van der Waals surface area contributed by atoms with Crippen molar-refractivity contribution in [1.29, 1.82) is 0 Å². The van der Waals surface area contributed by atoms with Gasteiger partial charge in [-0.05, 0) is 62.2 Å². The standard InChI is InChI=1S/C28H32N6O/c1-33-14-3-4-24(33)27-29-16-22(31-27)20-9-5-18(6-10-20)19-7-11-21(12-8-19)23-17-30-28(32-23)26-25(35)13-15-34(26)2/h5-12,16-17,24-26,35H,3-4,13-15H2,1-2H3,(H,29,31)(H,30,32)/t24-,25-,26-/m0/s1. The number of hydrogen-bond donors (Lipinski definition) is 3. The molecule has 2 saturated heterocycles. The highest BCUT2D eigenvalue weighted by Gasteiger charge is 2.33. The summed E-state index contributed by atoms with van der Waals surface area (Å²) in [6.45, 7) is 2.02. The Bertz CT molecular complexity index is 1280. The Kier molecular flexibility index (Phi) is 5.76. The molecule has 4 heterocycles. The summed E-state index contributed by atoms with van der Waals surface area (Å²) in [5.41, 5.74) is 6.61. The van der Waals surface area contributed by atoms with Crippen molar-refractivity contribution < 1.29 is 5.11 Å². The minimum Gasteiger partial charge on any atom is -0.391 e. The molecule has 0 bridgehead atoms. The van der Waals surface area contributed by atoms with Crippen LogP contribution in [-0.4, -0.2) is 68.1 Å². The Morgan fingerprint density at radius 3 is 1.77 bits per heavy atom. The lowest BCUT2D eigenvalue weighted by Crippen LogP contribution is -2.24. The molecule has 3 atom stereocenters. The Labute approximate surface area is 205 Å². The van der Waals surface area contributed by atoms with Crippen molar-refractivity contribution >= 4 is 0 Å². The van der Waals surface area contributed by atoms with Gasteiger partial charge in [-0.15, -0.1) is 0 Å². The van der Waals surface area contributed by atoms with Crippen LogP contribution in [0.15, 0.2) is 60.9 Å². The highest BCUT2D eigenvalue weighted by atomic mass is 16.3. The van der Waals surface area contributed by atoms with Gasteiger partial charge in [0.1, 0.15) is 11.6 Å². The molecule has 2 aliphatic rings. The van der Waals surface area contributed by atoms with Crippen LogP contribution >= 0.6 is 0 Å². The molecule has 0 radical (unpaired) electrons. The van der Waals surface area contributed by atoms with Gasteiger partial charge in [0.15, 0.2) is 0 Å². The maximum atomic E-state index is 10.3. The largest absolute Gasteiger partial charge is 0.391 e. The minimum atomic E-state index is -0.373. The molecule has 0 aliphatic carbocycles. The van der Waals surface area contributed by atoms with Crippen molar-refractivity contribution in [3.05, 3.63) is 72.6 Å². The zero-order valence-corrected chi connectivity index (χ0v) is 20.3. The van der Waals surface area contributed by atoms with Crippen molar-refractivity contribution in [2.24, 2.45) is 0 Å². The summed E-state index contributed by atoms with van der Waals surface area (Å²) in [4.78, 5) is 20.7. The molecule has 0 spiro atoms. The number of benzene rings is 2. The van der Waals surface area contributed by atoms with Gasteiger partial charge in [-0.3, -0.25) is 9.80 Å². The van der Waals surface area contributed by atoms with Crippen LogP contribution in [0, 0.1) is 0 Å². The van der Waals surface area contributed by atoms with Crippen molar-refractivity contribution in [1.82, 2.24) is 29.7 Å². The van der Waals surface area contributed by atoms with Gasteiger partial charge < -0.3 is 15.1 Å². The number of H-pyrrole nitrogens is 2. The highest BCUT2D eigenvalue weighted by molar-refractivity contribution is 5.71. The minimum absolute atomic E-state index is 0.0634. The fraction of sp³-hybridized carbons (Fsp3) is 0.357. The number of nitrogens with one attached hydrogen (secondary N) is 2. The van der Waals surface area contributed by atoms with Crippen LogP contribution < -0.4 is 0 Å². The number of aromatic nitrogens is 4. The summed E-state index contributed by atoms with van der Waals surface area (Å²) >= 11 is 0. The summed E-state index contributed by atoms with van der Waals surface area (Å²) in [6, 6.07) is 17.5. The maximum Gasteiger partial charge on any atom is 0.126 e. The van der Waals surface area contributed by atoms with Crippen LogP contribution in [-0.2, 0) is 0 Å². The van der Waals surface area contributed by atoms with E-state index in [1.165, 1.54) is 17.5 Å². The lowest BCUT2D eigenvalue weighted by Gasteiger charge is -2.19. The molecule has 0 amide bonds. The summed E-state index contributed by atoms with van der Waals surface area (Å²) < 4.78 is 0. The summed E-state index contributed by atoms with van der Waals surface area (Å²) in [6.07, 6.45) is 6.61. The SMILES string of the molecule is CN1CC[C@H](O)[C@H]1c1ncc(-c2ccc(-c3ccc(-c4cnc([C@@H]5CCCN5C)[nH]4)cc3)cc2)[nH]1. The molecular weight excluding hydrogens is 436 g/mol. The predicted octanol–water partition coefficient (Wildman–Crippen LogP) is 4.64. The van der Waals surface area contributed by atoms with Crippen molar-refractivity contribution in [3.63, 3.8) is 0 Å². The lowest BCUT2D eigenvalue weighted by atomic mass is 10.0. The van der Waals surface area contributed by atoms with Crippen molar-refractivity contribution in [3.8, 4) is 33.6 Å². The Hall–Kier alpha value is -3.26. The first-order chi connectivity index (χ1) is 17.1. The van der Waals surface area contributed by atoms with E-state index in [0.717, 1.165) is 60.1 Å². The Morgan fingerprint density at radius 2 is 1.26 bits per heavy atom. The second-order valence-electron chi connectivity index (χ2n) is 9.94. The third kappa shape index (κ3) is 4.20. The van der Waals surface area contributed by atoms with Gasteiger partial charge in [-0.2, -0.15) is 0 Å². The highest BCUT2D eigenvalue weighted by Crippen LogP contribution is 2.32. The van der Waals surface area contributed by atoms with Gasteiger partial charge in [-0.1, -0.05) is 48.5 Å². The van der Waals surface area contributed by atoms with Gasteiger partial charge in [0.25, 0.3) is 0 Å². The summed E-state index contributed by atoms with van der Waals surface area (Å²) in [5.74, 6) is 1.89. The third-order valence-corrected chi connectivity index (χ3v) is 7.65. The molecular formula is C28H32N6O. The first kappa shape index (κ1) is 22.2. The van der Waals surface area contributed by atoms with Gasteiger partial charge in [-0.25, -0.2) is 9.97 Å². The normalized spacial score (nSPS) is 23.3. The Balaban J connectivity index is 1.17. The smallest absolute Gasteiger partial charge is 0.126 e. The molecule has 6 rings (SSSR count). The number of hydrogen-bond acceptors (Lipinski definition) is 5. The van der Waals surface area contributed by atoms with E-state index in [4.69, 9.17) is 0 Å². The van der Waals surface area contributed by atoms with Crippen LogP contribution in [0.3, 0.4) is 0 Å². The molecule has 0 unspecified atom stereocenters. The first-order valence-electron chi connectivity index (χ1n) is 12.5. The average Bonchev–Trinajstić information content (AvgIpc) is 3.67. The number of likely N-dealkylation sites (N-methyl/N-ethyl adjacent to an activating group) is 1. The Morgan fingerprint density at radius 1 is 0.714 bits per heavy atom.